The van der Waals surface area contributed by atoms with Gasteiger partial charge in [-0.15, -0.1) is 0 Å². The molecule has 1 aromatic heterocycles. The first kappa shape index (κ1) is 15.0. The highest BCUT2D eigenvalue weighted by molar-refractivity contribution is 7.89. The van der Waals surface area contributed by atoms with Crippen LogP contribution in [0.1, 0.15) is 31.5 Å². The predicted molar refractivity (Wildman–Crippen MR) is 80.5 cm³/mol. The fourth-order valence-electron chi connectivity index (χ4n) is 3.51. The number of hydrogen-bond donors (Lipinski definition) is 1. The minimum Gasteiger partial charge on any atom is -0.337 e. The lowest BCUT2D eigenvalue weighted by Gasteiger charge is -2.33. The van der Waals surface area contributed by atoms with Crippen LogP contribution in [0.5, 0.6) is 0 Å². The Morgan fingerprint density at radius 2 is 2.14 bits per heavy atom. The molecule has 2 fully saturated rings. The van der Waals surface area contributed by atoms with Crippen LogP contribution in [0.3, 0.4) is 0 Å². The molecule has 2 atom stereocenters. The van der Waals surface area contributed by atoms with E-state index in [0.29, 0.717) is 12.5 Å². The number of aromatic nitrogens is 2. The largest absolute Gasteiger partial charge is 0.337 e. The molecule has 0 saturated carbocycles. The lowest BCUT2D eigenvalue weighted by Crippen LogP contribution is -2.45. The number of aryl methyl sites for hydroxylation is 2. The second-order valence-electron chi connectivity index (χ2n) is 6.17. The molecule has 2 aliphatic rings. The van der Waals surface area contributed by atoms with Crippen LogP contribution in [0.25, 0.3) is 0 Å². The molecule has 2 saturated heterocycles. The maximum Gasteiger partial charge on any atom is 0.262 e. The molecule has 0 bridgehead atoms. The van der Waals surface area contributed by atoms with Gasteiger partial charge >= 0.3 is 0 Å². The lowest BCUT2D eigenvalue weighted by atomic mass is 9.91. The van der Waals surface area contributed by atoms with Crippen molar-refractivity contribution in [3.8, 4) is 0 Å². The minimum absolute atomic E-state index is 0.130. The zero-order valence-electron chi connectivity index (χ0n) is 12.7. The Kier molecular flexibility index (Phi) is 4.07. The van der Waals surface area contributed by atoms with Crippen LogP contribution < -0.4 is 5.32 Å². The molecular formula is C14H24N4O2S. The summed E-state index contributed by atoms with van der Waals surface area (Å²) in [4.78, 5) is 4.22. The first-order valence-electron chi connectivity index (χ1n) is 7.72. The number of piperidine rings is 1. The van der Waals surface area contributed by atoms with Gasteiger partial charge in [-0.3, -0.25) is 0 Å². The van der Waals surface area contributed by atoms with Crippen molar-refractivity contribution in [3.63, 3.8) is 0 Å². The van der Waals surface area contributed by atoms with Crippen molar-refractivity contribution in [2.75, 3.05) is 19.6 Å². The van der Waals surface area contributed by atoms with Gasteiger partial charge in [-0.25, -0.2) is 13.4 Å². The van der Waals surface area contributed by atoms with Gasteiger partial charge in [0.1, 0.15) is 5.82 Å². The molecule has 21 heavy (non-hydrogen) atoms. The number of imidazole rings is 1. The van der Waals surface area contributed by atoms with Gasteiger partial charge in [0, 0.05) is 25.8 Å². The summed E-state index contributed by atoms with van der Waals surface area (Å²) in [6.07, 6.45) is 5.80. The summed E-state index contributed by atoms with van der Waals surface area (Å²) >= 11 is 0. The van der Waals surface area contributed by atoms with Crippen LogP contribution in [-0.4, -0.2) is 48.0 Å². The molecule has 7 heteroatoms. The third-order valence-electron chi connectivity index (χ3n) is 4.79. The summed E-state index contributed by atoms with van der Waals surface area (Å²) < 4.78 is 29.2. The van der Waals surface area contributed by atoms with E-state index in [2.05, 4.69) is 10.3 Å². The van der Waals surface area contributed by atoms with E-state index in [1.54, 1.807) is 15.1 Å². The van der Waals surface area contributed by atoms with Crippen LogP contribution >= 0.6 is 0 Å². The van der Waals surface area contributed by atoms with Crippen molar-refractivity contribution in [2.45, 2.75) is 43.7 Å². The molecule has 3 rings (SSSR count). The number of rotatable bonds is 3. The van der Waals surface area contributed by atoms with E-state index in [-0.39, 0.29) is 11.1 Å². The van der Waals surface area contributed by atoms with Gasteiger partial charge in [-0.2, -0.15) is 4.31 Å². The van der Waals surface area contributed by atoms with Crippen molar-refractivity contribution in [1.29, 1.82) is 0 Å². The zero-order valence-corrected chi connectivity index (χ0v) is 13.6. The summed E-state index contributed by atoms with van der Waals surface area (Å²) in [6, 6.07) is 0.130. The van der Waals surface area contributed by atoms with Crippen LogP contribution in [-0.2, 0) is 17.1 Å². The topological polar surface area (TPSA) is 67.2 Å². The Labute approximate surface area is 126 Å². The summed E-state index contributed by atoms with van der Waals surface area (Å²) in [5.41, 5.74) is 0. The first-order valence-corrected chi connectivity index (χ1v) is 9.16. The molecule has 0 radical (unpaired) electrons. The van der Waals surface area contributed by atoms with Gasteiger partial charge in [-0.1, -0.05) is 0 Å². The first-order chi connectivity index (χ1) is 10.00. The molecular weight excluding hydrogens is 288 g/mol. The fourth-order valence-corrected chi connectivity index (χ4v) is 5.30. The summed E-state index contributed by atoms with van der Waals surface area (Å²) in [5, 5.41) is 3.59. The van der Waals surface area contributed by atoms with E-state index in [0.717, 1.165) is 44.6 Å². The average Bonchev–Trinajstić information content (AvgIpc) is 3.08. The van der Waals surface area contributed by atoms with Gasteiger partial charge in [0.05, 0.1) is 0 Å². The normalized spacial score (nSPS) is 28.1. The van der Waals surface area contributed by atoms with E-state index >= 15 is 0 Å². The van der Waals surface area contributed by atoms with Crippen LogP contribution in [0.2, 0.25) is 0 Å². The summed E-state index contributed by atoms with van der Waals surface area (Å²) in [6.45, 7) is 4.43. The molecule has 118 valence electrons. The molecule has 0 spiro atoms. The Morgan fingerprint density at radius 1 is 1.33 bits per heavy atom. The molecule has 2 unspecified atom stereocenters. The van der Waals surface area contributed by atoms with Crippen molar-refractivity contribution < 1.29 is 8.42 Å². The Balaban J connectivity index is 1.86. The van der Waals surface area contributed by atoms with E-state index in [9.17, 15) is 8.42 Å². The third kappa shape index (κ3) is 2.74. The number of nitrogens with one attached hydrogen (secondary N) is 1. The average molecular weight is 312 g/mol. The second-order valence-corrected chi connectivity index (χ2v) is 8.01. The van der Waals surface area contributed by atoms with E-state index in [4.69, 9.17) is 0 Å². The minimum atomic E-state index is -3.47. The second kappa shape index (κ2) is 5.70. The maximum atomic E-state index is 12.9. The smallest absolute Gasteiger partial charge is 0.262 e. The van der Waals surface area contributed by atoms with Crippen LogP contribution in [0.15, 0.2) is 11.2 Å². The number of hydrogen-bond acceptors (Lipinski definition) is 4. The Hall–Kier alpha value is -0.920. The number of nitrogens with zero attached hydrogens (tertiary/aromatic N) is 3. The Bertz CT molecular complexity index is 585. The van der Waals surface area contributed by atoms with E-state index in [1.807, 2.05) is 14.0 Å². The van der Waals surface area contributed by atoms with Gasteiger partial charge in [0.25, 0.3) is 10.0 Å². The molecule has 2 aliphatic heterocycles. The number of sulfonamides is 1. The highest BCUT2D eigenvalue weighted by Gasteiger charge is 2.40. The molecule has 0 aliphatic carbocycles. The van der Waals surface area contributed by atoms with E-state index < -0.39 is 10.0 Å². The van der Waals surface area contributed by atoms with Crippen molar-refractivity contribution in [3.05, 3.63) is 12.0 Å². The SMILES string of the molecule is Cc1nc(S(=O)(=O)N2CCCC2C2CCCNC2)cn1C. The maximum absolute atomic E-state index is 12.9. The summed E-state index contributed by atoms with van der Waals surface area (Å²) in [7, 11) is -1.64. The van der Waals surface area contributed by atoms with Crippen molar-refractivity contribution in [2.24, 2.45) is 13.0 Å². The standard InChI is InChI=1S/C14H24N4O2S/c1-11-16-14(10-17(11)2)21(19,20)18-8-4-6-13(18)12-5-3-7-15-9-12/h10,12-13,15H,3-9H2,1-2H3. The molecule has 1 aromatic rings. The molecule has 6 nitrogen and oxygen atoms in total. The van der Waals surface area contributed by atoms with E-state index in [1.165, 1.54) is 0 Å². The predicted octanol–water partition coefficient (Wildman–Crippen LogP) is 0.881. The summed E-state index contributed by atoms with van der Waals surface area (Å²) in [5.74, 6) is 1.16. The van der Waals surface area contributed by atoms with Gasteiger partial charge in [-0.05, 0) is 51.6 Å². The molecule has 0 amide bonds. The lowest BCUT2D eigenvalue weighted by molar-refractivity contribution is 0.238. The highest BCUT2D eigenvalue weighted by atomic mass is 32.2. The third-order valence-corrected chi connectivity index (χ3v) is 6.58. The Morgan fingerprint density at radius 3 is 2.76 bits per heavy atom. The van der Waals surface area contributed by atoms with Crippen molar-refractivity contribution in [1.82, 2.24) is 19.2 Å². The molecule has 3 heterocycles. The quantitative estimate of drug-likeness (QED) is 0.900. The monoisotopic (exact) mass is 312 g/mol. The molecule has 1 N–H and O–H groups in total. The van der Waals surface area contributed by atoms with Gasteiger partial charge in [0.2, 0.25) is 0 Å². The molecule has 0 aromatic carbocycles. The van der Waals surface area contributed by atoms with Gasteiger partial charge in [0.15, 0.2) is 5.03 Å². The van der Waals surface area contributed by atoms with Gasteiger partial charge < -0.3 is 9.88 Å². The van der Waals surface area contributed by atoms with Crippen LogP contribution in [0.4, 0.5) is 0 Å². The van der Waals surface area contributed by atoms with Crippen molar-refractivity contribution >= 4 is 10.0 Å². The highest BCUT2D eigenvalue weighted by Crippen LogP contribution is 2.32. The fraction of sp³-hybridized carbons (Fsp3) is 0.786. The zero-order chi connectivity index (χ0) is 15.0. The van der Waals surface area contributed by atoms with Crippen LogP contribution in [0, 0.1) is 12.8 Å².